The van der Waals surface area contributed by atoms with Crippen molar-refractivity contribution in [1.29, 1.82) is 0 Å². The van der Waals surface area contributed by atoms with Gasteiger partial charge in [0.15, 0.2) is 5.76 Å². The molecule has 0 aliphatic heterocycles. The van der Waals surface area contributed by atoms with Crippen LogP contribution >= 0.6 is 0 Å². The van der Waals surface area contributed by atoms with Crippen molar-refractivity contribution in [2.24, 2.45) is 0 Å². The smallest absolute Gasteiger partial charge is 0.291 e. The third-order valence-corrected chi connectivity index (χ3v) is 2.71. The highest BCUT2D eigenvalue weighted by Gasteiger charge is 2.09. The van der Waals surface area contributed by atoms with E-state index in [4.69, 9.17) is 9.52 Å². The Hall–Kier alpha value is -2.60. The van der Waals surface area contributed by atoms with Crippen LogP contribution in [-0.4, -0.2) is 23.5 Å². The van der Waals surface area contributed by atoms with Gasteiger partial charge in [0.05, 0.1) is 6.26 Å². The number of hydrogen-bond acceptors (Lipinski definition) is 4. The number of anilines is 2. The molecule has 0 radical (unpaired) electrons. The Labute approximate surface area is 121 Å². The lowest BCUT2D eigenvalue weighted by Gasteiger charge is -2.08. The summed E-state index contributed by atoms with van der Waals surface area (Å²) in [6, 6.07) is 10.0. The summed E-state index contributed by atoms with van der Waals surface area (Å²) in [6.45, 7) is -0.0212. The molecule has 21 heavy (non-hydrogen) atoms. The molecule has 110 valence electrons. The van der Waals surface area contributed by atoms with Crippen LogP contribution < -0.4 is 10.6 Å². The fraction of sp³-hybridized carbons (Fsp3) is 0.200. The van der Waals surface area contributed by atoms with Crippen molar-refractivity contribution >= 4 is 23.2 Å². The van der Waals surface area contributed by atoms with Gasteiger partial charge in [0.1, 0.15) is 0 Å². The maximum Gasteiger partial charge on any atom is 0.291 e. The summed E-state index contributed by atoms with van der Waals surface area (Å²) < 4.78 is 5.00. The van der Waals surface area contributed by atoms with E-state index >= 15 is 0 Å². The van der Waals surface area contributed by atoms with Gasteiger partial charge in [-0.25, -0.2) is 0 Å². The lowest BCUT2D eigenvalue weighted by molar-refractivity contribution is -0.116. The summed E-state index contributed by atoms with van der Waals surface area (Å²) in [7, 11) is 0. The van der Waals surface area contributed by atoms with Gasteiger partial charge in [-0.1, -0.05) is 6.07 Å². The third-order valence-electron chi connectivity index (χ3n) is 2.71. The number of carbonyl (C=O) groups excluding carboxylic acids is 2. The molecule has 0 aliphatic rings. The number of amides is 2. The number of nitrogens with one attached hydrogen (secondary N) is 2. The lowest BCUT2D eigenvalue weighted by Crippen LogP contribution is -2.13. The van der Waals surface area contributed by atoms with Gasteiger partial charge in [-0.05, 0) is 36.8 Å². The second-order valence-electron chi connectivity index (χ2n) is 4.39. The number of aliphatic hydroxyl groups excluding tert-OH is 1. The van der Waals surface area contributed by atoms with E-state index < -0.39 is 0 Å². The molecule has 0 spiro atoms. The minimum Gasteiger partial charge on any atom is -0.459 e. The molecule has 0 saturated carbocycles. The second-order valence-corrected chi connectivity index (χ2v) is 4.39. The van der Waals surface area contributed by atoms with Gasteiger partial charge >= 0.3 is 0 Å². The predicted molar refractivity (Wildman–Crippen MR) is 78.1 cm³/mol. The zero-order valence-electron chi connectivity index (χ0n) is 11.3. The molecule has 6 nitrogen and oxygen atoms in total. The minimum atomic E-state index is -0.358. The van der Waals surface area contributed by atoms with Crippen LogP contribution in [0.1, 0.15) is 23.4 Å². The first-order valence-corrected chi connectivity index (χ1v) is 6.54. The highest BCUT2D eigenvalue weighted by atomic mass is 16.3. The number of rotatable bonds is 6. The molecule has 2 aromatic rings. The first-order valence-electron chi connectivity index (χ1n) is 6.54. The van der Waals surface area contributed by atoms with E-state index in [-0.39, 0.29) is 30.6 Å². The molecule has 2 rings (SSSR count). The Kier molecular flexibility index (Phi) is 5.11. The van der Waals surface area contributed by atoms with E-state index in [0.717, 1.165) is 0 Å². The first kappa shape index (κ1) is 14.8. The summed E-state index contributed by atoms with van der Waals surface area (Å²) in [5.74, 6) is -0.324. The maximum atomic E-state index is 11.8. The number of carbonyl (C=O) groups is 2. The fourth-order valence-electron chi connectivity index (χ4n) is 1.74. The van der Waals surface area contributed by atoms with Crippen molar-refractivity contribution in [1.82, 2.24) is 0 Å². The van der Waals surface area contributed by atoms with Crippen LogP contribution in [0.4, 0.5) is 11.4 Å². The molecule has 0 bridgehead atoms. The predicted octanol–water partition coefficient (Wildman–Crippen LogP) is 2.24. The van der Waals surface area contributed by atoms with Crippen molar-refractivity contribution in [3.63, 3.8) is 0 Å². The molecule has 3 N–H and O–H groups in total. The molecular formula is C15H16N2O4. The van der Waals surface area contributed by atoms with Crippen molar-refractivity contribution in [2.75, 3.05) is 17.2 Å². The van der Waals surface area contributed by atoms with Crippen molar-refractivity contribution < 1.29 is 19.1 Å². The lowest BCUT2D eigenvalue weighted by atomic mass is 10.2. The highest BCUT2D eigenvalue weighted by Crippen LogP contribution is 2.16. The van der Waals surface area contributed by atoms with Crippen LogP contribution in [0.5, 0.6) is 0 Å². The monoisotopic (exact) mass is 288 g/mol. The number of benzene rings is 1. The molecule has 6 heteroatoms. The molecule has 1 aromatic heterocycles. The van der Waals surface area contributed by atoms with E-state index in [0.29, 0.717) is 17.8 Å². The third kappa shape index (κ3) is 4.47. The van der Waals surface area contributed by atoms with Gasteiger partial charge in [0.25, 0.3) is 5.91 Å². The van der Waals surface area contributed by atoms with Gasteiger partial charge in [-0.2, -0.15) is 0 Å². The topological polar surface area (TPSA) is 91.6 Å². The number of furan rings is 1. The Morgan fingerprint density at radius 2 is 1.86 bits per heavy atom. The highest BCUT2D eigenvalue weighted by molar-refractivity contribution is 6.02. The minimum absolute atomic E-state index is 0.0212. The zero-order chi connectivity index (χ0) is 15.1. The van der Waals surface area contributed by atoms with Crippen molar-refractivity contribution in [2.45, 2.75) is 12.8 Å². The van der Waals surface area contributed by atoms with Gasteiger partial charge in [0, 0.05) is 24.4 Å². The standard InChI is InChI=1S/C15H16N2O4/c18-8-2-7-14(19)16-11-4-1-5-12(10-11)17-15(20)13-6-3-9-21-13/h1,3-6,9-10,18H,2,7-8H2,(H,16,19)(H,17,20). The van der Waals surface area contributed by atoms with E-state index in [1.54, 1.807) is 36.4 Å². The van der Waals surface area contributed by atoms with Crippen LogP contribution in [0.2, 0.25) is 0 Å². The molecule has 0 fully saturated rings. The van der Waals surface area contributed by atoms with Crippen LogP contribution in [0, 0.1) is 0 Å². The molecule has 1 aromatic carbocycles. The van der Waals surface area contributed by atoms with Crippen molar-refractivity contribution in [3.05, 3.63) is 48.4 Å². The van der Waals surface area contributed by atoms with E-state index in [9.17, 15) is 9.59 Å². The summed E-state index contributed by atoms with van der Waals surface area (Å²) >= 11 is 0. The van der Waals surface area contributed by atoms with Crippen molar-refractivity contribution in [3.8, 4) is 0 Å². The maximum absolute atomic E-state index is 11.8. The molecule has 0 aliphatic carbocycles. The van der Waals surface area contributed by atoms with Gasteiger partial charge in [0.2, 0.25) is 5.91 Å². The average molecular weight is 288 g/mol. The Morgan fingerprint density at radius 1 is 1.10 bits per heavy atom. The molecular weight excluding hydrogens is 272 g/mol. The normalized spacial score (nSPS) is 10.1. The summed E-state index contributed by atoms with van der Waals surface area (Å²) in [5, 5.41) is 14.1. The van der Waals surface area contributed by atoms with Crippen LogP contribution in [-0.2, 0) is 4.79 Å². The van der Waals surface area contributed by atoms with Crippen LogP contribution in [0.3, 0.4) is 0 Å². The number of hydrogen-bond donors (Lipinski definition) is 3. The van der Waals surface area contributed by atoms with E-state index in [1.165, 1.54) is 6.26 Å². The molecule has 0 saturated heterocycles. The van der Waals surface area contributed by atoms with E-state index in [2.05, 4.69) is 10.6 Å². The Balaban J connectivity index is 1.97. The van der Waals surface area contributed by atoms with Crippen LogP contribution in [0.25, 0.3) is 0 Å². The Bertz CT molecular complexity index is 608. The largest absolute Gasteiger partial charge is 0.459 e. The van der Waals surface area contributed by atoms with Gasteiger partial charge < -0.3 is 20.2 Å². The van der Waals surface area contributed by atoms with Crippen LogP contribution in [0.15, 0.2) is 47.1 Å². The summed E-state index contributed by atoms with van der Waals surface area (Å²) in [5.41, 5.74) is 1.13. The summed E-state index contributed by atoms with van der Waals surface area (Å²) in [6.07, 6.45) is 2.09. The molecule has 0 atom stereocenters. The second kappa shape index (κ2) is 7.25. The summed E-state index contributed by atoms with van der Waals surface area (Å²) in [4.78, 5) is 23.4. The quantitative estimate of drug-likeness (QED) is 0.760. The van der Waals surface area contributed by atoms with E-state index in [1.807, 2.05) is 0 Å². The Morgan fingerprint density at radius 3 is 2.52 bits per heavy atom. The first-order chi connectivity index (χ1) is 10.2. The average Bonchev–Trinajstić information content (AvgIpc) is 3.00. The molecule has 2 amide bonds. The molecule has 0 unspecified atom stereocenters. The SMILES string of the molecule is O=C(CCCO)Nc1cccc(NC(=O)c2ccco2)c1. The van der Waals surface area contributed by atoms with Gasteiger partial charge in [-0.15, -0.1) is 0 Å². The zero-order valence-corrected chi connectivity index (χ0v) is 11.3. The number of aliphatic hydroxyl groups is 1. The van der Waals surface area contributed by atoms with Gasteiger partial charge in [-0.3, -0.25) is 9.59 Å². The molecule has 1 heterocycles. The fourth-order valence-corrected chi connectivity index (χ4v) is 1.74.